The van der Waals surface area contributed by atoms with Gasteiger partial charge in [0.15, 0.2) is 0 Å². The SMILES string of the molecule is CC(=O)N1CCN(c2cncc(C(=O)N(C)c3ccccc3)c2)CC1. The third-order valence-electron chi connectivity index (χ3n) is 4.51. The normalized spacial score (nSPS) is 14.3. The lowest BCUT2D eigenvalue weighted by Crippen LogP contribution is -2.48. The van der Waals surface area contributed by atoms with E-state index in [2.05, 4.69) is 9.88 Å². The number of hydrogen-bond donors (Lipinski definition) is 0. The highest BCUT2D eigenvalue weighted by Crippen LogP contribution is 2.20. The van der Waals surface area contributed by atoms with Crippen LogP contribution in [0.25, 0.3) is 0 Å². The number of amides is 2. The Hall–Kier alpha value is -2.89. The smallest absolute Gasteiger partial charge is 0.259 e. The van der Waals surface area contributed by atoms with E-state index in [1.807, 2.05) is 41.3 Å². The molecular formula is C19H22N4O2. The van der Waals surface area contributed by atoms with E-state index in [0.717, 1.165) is 24.5 Å². The molecule has 130 valence electrons. The average Bonchev–Trinajstić information content (AvgIpc) is 2.67. The molecule has 25 heavy (non-hydrogen) atoms. The van der Waals surface area contributed by atoms with Gasteiger partial charge in [-0.2, -0.15) is 0 Å². The third kappa shape index (κ3) is 3.79. The standard InChI is InChI=1S/C19H22N4O2/c1-15(24)22-8-10-23(11-9-22)18-12-16(13-20-14-18)19(25)21(2)17-6-4-3-5-7-17/h3-7,12-14H,8-11H2,1-2H3. The number of aromatic nitrogens is 1. The van der Waals surface area contributed by atoms with Gasteiger partial charge in [-0.15, -0.1) is 0 Å². The molecule has 1 fully saturated rings. The van der Waals surface area contributed by atoms with E-state index < -0.39 is 0 Å². The zero-order valence-electron chi connectivity index (χ0n) is 14.6. The van der Waals surface area contributed by atoms with Crippen molar-refractivity contribution in [2.24, 2.45) is 0 Å². The maximum Gasteiger partial charge on any atom is 0.259 e. The molecule has 0 bridgehead atoms. The minimum atomic E-state index is -0.0945. The number of carbonyl (C=O) groups is 2. The molecule has 1 aliphatic rings. The second kappa shape index (κ2) is 7.34. The van der Waals surface area contributed by atoms with Crippen LogP contribution in [-0.4, -0.2) is 54.9 Å². The molecule has 6 nitrogen and oxygen atoms in total. The van der Waals surface area contributed by atoms with Gasteiger partial charge in [0.2, 0.25) is 5.91 Å². The molecule has 1 aromatic heterocycles. The zero-order chi connectivity index (χ0) is 17.8. The Balaban J connectivity index is 1.73. The zero-order valence-corrected chi connectivity index (χ0v) is 14.6. The molecule has 0 radical (unpaired) electrons. The molecule has 0 aliphatic carbocycles. The lowest BCUT2D eigenvalue weighted by Gasteiger charge is -2.35. The molecule has 1 aliphatic heterocycles. The number of hydrogen-bond acceptors (Lipinski definition) is 4. The minimum Gasteiger partial charge on any atom is -0.367 e. The Labute approximate surface area is 147 Å². The van der Waals surface area contributed by atoms with Gasteiger partial charge >= 0.3 is 0 Å². The first-order valence-corrected chi connectivity index (χ1v) is 8.35. The summed E-state index contributed by atoms with van der Waals surface area (Å²) in [6, 6.07) is 11.4. The van der Waals surface area contributed by atoms with Crippen LogP contribution < -0.4 is 9.80 Å². The number of rotatable bonds is 3. The summed E-state index contributed by atoms with van der Waals surface area (Å²) in [5.41, 5.74) is 2.31. The average molecular weight is 338 g/mol. The molecule has 0 unspecified atom stereocenters. The third-order valence-corrected chi connectivity index (χ3v) is 4.51. The number of para-hydroxylation sites is 1. The summed E-state index contributed by atoms with van der Waals surface area (Å²) in [5.74, 6) is 0.00844. The Bertz CT molecular complexity index is 755. The molecule has 2 heterocycles. The van der Waals surface area contributed by atoms with Gasteiger partial charge in [-0.3, -0.25) is 14.6 Å². The van der Waals surface area contributed by atoms with E-state index in [-0.39, 0.29) is 11.8 Å². The molecule has 2 amide bonds. The highest BCUT2D eigenvalue weighted by atomic mass is 16.2. The van der Waals surface area contributed by atoms with Crippen molar-refractivity contribution >= 4 is 23.2 Å². The van der Waals surface area contributed by atoms with Gasteiger partial charge in [0, 0.05) is 52.0 Å². The Kier molecular flexibility index (Phi) is 4.97. The molecular weight excluding hydrogens is 316 g/mol. The van der Waals surface area contributed by atoms with Crippen LogP contribution in [0.2, 0.25) is 0 Å². The number of pyridine rings is 1. The van der Waals surface area contributed by atoms with E-state index in [1.165, 1.54) is 0 Å². The van der Waals surface area contributed by atoms with E-state index in [1.54, 1.807) is 31.3 Å². The van der Waals surface area contributed by atoms with Crippen molar-refractivity contribution in [1.82, 2.24) is 9.88 Å². The Morgan fingerprint density at radius 3 is 2.36 bits per heavy atom. The summed E-state index contributed by atoms with van der Waals surface area (Å²) >= 11 is 0. The largest absolute Gasteiger partial charge is 0.367 e. The van der Waals surface area contributed by atoms with E-state index in [9.17, 15) is 9.59 Å². The first kappa shape index (κ1) is 17.0. The van der Waals surface area contributed by atoms with Crippen molar-refractivity contribution in [1.29, 1.82) is 0 Å². The van der Waals surface area contributed by atoms with Crippen LogP contribution in [0, 0.1) is 0 Å². The molecule has 1 saturated heterocycles. The predicted octanol–water partition coefficient (Wildman–Crippen LogP) is 2.03. The van der Waals surface area contributed by atoms with Crippen molar-refractivity contribution in [2.45, 2.75) is 6.92 Å². The van der Waals surface area contributed by atoms with Crippen LogP contribution in [-0.2, 0) is 4.79 Å². The van der Waals surface area contributed by atoms with Crippen LogP contribution >= 0.6 is 0 Å². The summed E-state index contributed by atoms with van der Waals surface area (Å²) in [4.78, 5) is 34.0. The fraction of sp³-hybridized carbons (Fsp3) is 0.316. The Morgan fingerprint density at radius 1 is 1.04 bits per heavy atom. The van der Waals surface area contributed by atoms with Crippen LogP contribution in [0.3, 0.4) is 0 Å². The molecule has 1 aromatic carbocycles. The summed E-state index contributed by atoms with van der Waals surface area (Å²) in [5, 5.41) is 0. The number of benzene rings is 1. The molecule has 6 heteroatoms. The topological polar surface area (TPSA) is 56.8 Å². The van der Waals surface area contributed by atoms with Crippen LogP contribution in [0.15, 0.2) is 48.8 Å². The predicted molar refractivity (Wildman–Crippen MR) is 97.9 cm³/mol. The number of anilines is 2. The minimum absolute atomic E-state index is 0.0945. The van der Waals surface area contributed by atoms with E-state index >= 15 is 0 Å². The van der Waals surface area contributed by atoms with Crippen LogP contribution in [0.5, 0.6) is 0 Å². The van der Waals surface area contributed by atoms with Gasteiger partial charge in [-0.25, -0.2) is 0 Å². The lowest BCUT2D eigenvalue weighted by atomic mass is 10.2. The molecule has 0 N–H and O–H groups in total. The molecule has 0 atom stereocenters. The van der Waals surface area contributed by atoms with Crippen LogP contribution in [0.4, 0.5) is 11.4 Å². The summed E-state index contributed by atoms with van der Waals surface area (Å²) < 4.78 is 0. The molecule has 0 saturated carbocycles. The first-order valence-electron chi connectivity index (χ1n) is 8.35. The van der Waals surface area contributed by atoms with E-state index in [0.29, 0.717) is 18.7 Å². The first-order chi connectivity index (χ1) is 12.1. The number of piperazine rings is 1. The van der Waals surface area contributed by atoms with Crippen molar-refractivity contribution in [3.63, 3.8) is 0 Å². The summed E-state index contributed by atoms with van der Waals surface area (Å²) in [7, 11) is 1.76. The van der Waals surface area contributed by atoms with Crippen molar-refractivity contribution < 1.29 is 9.59 Å². The summed E-state index contributed by atoms with van der Waals surface area (Å²) in [6.45, 7) is 4.46. The highest BCUT2D eigenvalue weighted by Gasteiger charge is 2.20. The van der Waals surface area contributed by atoms with Crippen LogP contribution in [0.1, 0.15) is 17.3 Å². The van der Waals surface area contributed by atoms with E-state index in [4.69, 9.17) is 0 Å². The van der Waals surface area contributed by atoms with Crippen molar-refractivity contribution in [3.05, 3.63) is 54.4 Å². The van der Waals surface area contributed by atoms with Crippen molar-refractivity contribution in [2.75, 3.05) is 43.0 Å². The Morgan fingerprint density at radius 2 is 1.72 bits per heavy atom. The molecule has 2 aromatic rings. The van der Waals surface area contributed by atoms with Gasteiger partial charge in [-0.1, -0.05) is 18.2 Å². The molecule has 3 rings (SSSR count). The van der Waals surface area contributed by atoms with Gasteiger partial charge < -0.3 is 14.7 Å². The van der Waals surface area contributed by atoms with Gasteiger partial charge in [0.1, 0.15) is 0 Å². The second-order valence-corrected chi connectivity index (χ2v) is 6.12. The maximum absolute atomic E-state index is 12.7. The number of nitrogens with zero attached hydrogens (tertiary/aromatic N) is 4. The number of carbonyl (C=O) groups excluding carboxylic acids is 2. The fourth-order valence-electron chi connectivity index (χ4n) is 2.96. The molecule has 0 spiro atoms. The second-order valence-electron chi connectivity index (χ2n) is 6.12. The van der Waals surface area contributed by atoms with Crippen molar-refractivity contribution in [3.8, 4) is 0 Å². The van der Waals surface area contributed by atoms with Gasteiger partial charge in [0.05, 0.1) is 17.4 Å². The van der Waals surface area contributed by atoms with Gasteiger partial charge in [0.25, 0.3) is 5.91 Å². The monoisotopic (exact) mass is 338 g/mol. The highest BCUT2D eigenvalue weighted by molar-refractivity contribution is 6.06. The lowest BCUT2D eigenvalue weighted by molar-refractivity contribution is -0.129. The van der Waals surface area contributed by atoms with Gasteiger partial charge in [-0.05, 0) is 18.2 Å². The summed E-state index contributed by atoms with van der Waals surface area (Å²) in [6.07, 6.45) is 3.36. The maximum atomic E-state index is 12.7. The fourth-order valence-corrected chi connectivity index (χ4v) is 2.96. The quantitative estimate of drug-likeness (QED) is 0.859.